The first kappa shape index (κ1) is 13.1. The number of thiazole rings is 1. The number of ether oxygens (including phenoxy) is 1. The second kappa shape index (κ2) is 5.98. The number of nitrogens with one attached hydrogen (secondary N) is 1. The van der Waals surface area contributed by atoms with Crippen molar-refractivity contribution in [3.8, 4) is 16.2 Å². The topological polar surface area (TPSA) is 34.1 Å². The molecule has 0 fully saturated rings. The van der Waals surface area contributed by atoms with Gasteiger partial charge < -0.3 is 10.1 Å². The fourth-order valence-electron chi connectivity index (χ4n) is 1.84. The molecule has 0 unspecified atom stereocenters. The second-order valence-corrected chi connectivity index (χ2v) is 5.15. The first-order valence-electron chi connectivity index (χ1n) is 6.05. The number of aryl methyl sites for hydroxylation is 1. The predicted molar refractivity (Wildman–Crippen MR) is 76.2 cm³/mol. The number of nitrogens with zero attached hydrogens (tertiary/aromatic N) is 1. The van der Waals surface area contributed by atoms with E-state index in [0.717, 1.165) is 34.2 Å². The summed E-state index contributed by atoms with van der Waals surface area (Å²) in [7, 11) is 3.64. The van der Waals surface area contributed by atoms with Gasteiger partial charge in [-0.25, -0.2) is 4.98 Å². The van der Waals surface area contributed by atoms with Gasteiger partial charge in [-0.15, -0.1) is 11.3 Å². The summed E-state index contributed by atoms with van der Waals surface area (Å²) in [5.74, 6) is 0.909. The SMILES string of the molecule is CCc1ccc(OC)c(-c2cnc(CNC)s2)c1. The van der Waals surface area contributed by atoms with Crippen LogP contribution < -0.4 is 10.1 Å². The minimum absolute atomic E-state index is 0.806. The first-order chi connectivity index (χ1) is 8.78. The second-order valence-electron chi connectivity index (χ2n) is 4.04. The zero-order chi connectivity index (χ0) is 13.0. The van der Waals surface area contributed by atoms with Gasteiger partial charge in [-0.3, -0.25) is 0 Å². The molecule has 0 aliphatic rings. The van der Waals surface area contributed by atoms with Crippen molar-refractivity contribution in [2.45, 2.75) is 19.9 Å². The number of hydrogen-bond donors (Lipinski definition) is 1. The van der Waals surface area contributed by atoms with Crippen molar-refractivity contribution in [1.29, 1.82) is 0 Å². The average molecular weight is 262 g/mol. The van der Waals surface area contributed by atoms with E-state index in [1.54, 1.807) is 18.4 Å². The highest BCUT2D eigenvalue weighted by Crippen LogP contribution is 2.34. The third-order valence-electron chi connectivity index (χ3n) is 2.82. The molecule has 1 N–H and O–H groups in total. The minimum Gasteiger partial charge on any atom is -0.496 e. The zero-order valence-corrected chi connectivity index (χ0v) is 11.8. The van der Waals surface area contributed by atoms with Crippen molar-refractivity contribution in [3.05, 3.63) is 35.0 Å². The Balaban J connectivity index is 2.40. The Hall–Kier alpha value is -1.39. The lowest BCUT2D eigenvalue weighted by atomic mass is 10.1. The molecule has 96 valence electrons. The maximum absolute atomic E-state index is 5.43. The largest absolute Gasteiger partial charge is 0.496 e. The van der Waals surface area contributed by atoms with Gasteiger partial charge in [0.05, 0.1) is 12.0 Å². The standard InChI is InChI=1S/C14H18N2OS/c1-4-10-5-6-12(17-3)11(7-10)13-8-16-14(18-13)9-15-2/h5-8,15H,4,9H2,1-3H3. The summed E-state index contributed by atoms with van der Waals surface area (Å²) in [6.45, 7) is 2.96. The summed E-state index contributed by atoms with van der Waals surface area (Å²) in [6, 6.07) is 6.33. The lowest BCUT2D eigenvalue weighted by Crippen LogP contribution is -2.03. The Bertz CT molecular complexity index is 522. The molecule has 0 aliphatic heterocycles. The molecule has 0 saturated carbocycles. The van der Waals surface area contributed by atoms with Crippen LogP contribution in [0.25, 0.3) is 10.4 Å². The van der Waals surface area contributed by atoms with E-state index in [2.05, 4.69) is 29.4 Å². The Labute approximate surface area is 112 Å². The van der Waals surface area contributed by atoms with Crippen LogP contribution in [0.4, 0.5) is 0 Å². The molecule has 0 saturated heterocycles. The molecular formula is C14H18N2OS. The Morgan fingerprint density at radius 3 is 2.89 bits per heavy atom. The van der Waals surface area contributed by atoms with Gasteiger partial charge in [-0.2, -0.15) is 0 Å². The normalized spacial score (nSPS) is 10.6. The fourth-order valence-corrected chi connectivity index (χ4v) is 2.79. The van der Waals surface area contributed by atoms with Gasteiger partial charge in [-0.1, -0.05) is 13.0 Å². The van der Waals surface area contributed by atoms with E-state index < -0.39 is 0 Å². The summed E-state index contributed by atoms with van der Waals surface area (Å²) in [4.78, 5) is 5.57. The van der Waals surface area contributed by atoms with Gasteiger partial charge >= 0.3 is 0 Å². The van der Waals surface area contributed by atoms with Crippen molar-refractivity contribution < 1.29 is 4.74 Å². The molecule has 0 radical (unpaired) electrons. The van der Waals surface area contributed by atoms with E-state index in [1.165, 1.54) is 5.56 Å². The molecule has 18 heavy (non-hydrogen) atoms. The van der Waals surface area contributed by atoms with Crippen molar-refractivity contribution in [3.63, 3.8) is 0 Å². The molecule has 2 aromatic rings. The maximum atomic E-state index is 5.43. The minimum atomic E-state index is 0.806. The van der Waals surface area contributed by atoms with Crippen LogP contribution in [-0.2, 0) is 13.0 Å². The van der Waals surface area contributed by atoms with E-state index in [0.29, 0.717) is 0 Å². The summed E-state index contributed by atoms with van der Waals surface area (Å²) in [6.07, 6.45) is 2.95. The van der Waals surface area contributed by atoms with Gasteiger partial charge in [-0.05, 0) is 31.2 Å². The molecule has 3 nitrogen and oxygen atoms in total. The van der Waals surface area contributed by atoms with Crippen LogP contribution >= 0.6 is 11.3 Å². The average Bonchev–Trinajstić information content (AvgIpc) is 2.87. The quantitative estimate of drug-likeness (QED) is 0.899. The highest BCUT2D eigenvalue weighted by atomic mass is 32.1. The van der Waals surface area contributed by atoms with Crippen LogP contribution in [-0.4, -0.2) is 19.1 Å². The number of rotatable bonds is 5. The molecule has 0 bridgehead atoms. The lowest BCUT2D eigenvalue weighted by molar-refractivity contribution is 0.416. The van der Waals surface area contributed by atoms with E-state index >= 15 is 0 Å². The number of hydrogen-bond acceptors (Lipinski definition) is 4. The van der Waals surface area contributed by atoms with Crippen molar-refractivity contribution >= 4 is 11.3 Å². The van der Waals surface area contributed by atoms with E-state index in [4.69, 9.17) is 4.74 Å². The molecule has 0 amide bonds. The molecule has 1 aromatic carbocycles. The van der Waals surface area contributed by atoms with Crippen LogP contribution in [0, 0.1) is 0 Å². The van der Waals surface area contributed by atoms with Crippen LogP contribution in [0.2, 0.25) is 0 Å². The number of methoxy groups -OCH3 is 1. The lowest BCUT2D eigenvalue weighted by Gasteiger charge is -2.08. The molecular weight excluding hydrogens is 244 g/mol. The summed E-state index contributed by atoms with van der Waals surface area (Å²) in [5, 5.41) is 4.21. The van der Waals surface area contributed by atoms with Crippen LogP contribution in [0.3, 0.4) is 0 Å². The maximum Gasteiger partial charge on any atom is 0.127 e. The van der Waals surface area contributed by atoms with Crippen LogP contribution in [0.5, 0.6) is 5.75 Å². The van der Waals surface area contributed by atoms with Gasteiger partial charge in [0, 0.05) is 18.3 Å². The van der Waals surface area contributed by atoms with Gasteiger partial charge in [0.15, 0.2) is 0 Å². The molecule has 1 aromatic heterocycles. The molecule has 1 heterocycles. The highest BCUT2D eigenvalue weighted by molar-refractivity contribution is 7.15. The Kier molecular flexibility index (Phi) is 4.33. The number of benzene rings is 1. The third kappa shape index (κ3) is 2.71. The summed E-state index contributed by atoms with van der Waals surface area (Å²) in [5.41, 5.74) is 2.45. The third-order valence-corrected chi connectivity index (χ3v) is 3.85. The fraction of sp³-hybridized carbons (Fsp3) is 0.357. The molecule has 4 heteroatoms. The van der Waals surface area contributed by atoms with E-state index in [-0.39, 0.29) is 0 Å². The molecule has 0 spiro atoms. The summed E-state index contributed by atoms with van der Waals surface area (Å²) >= 11 is 1.71. The van der Waals surface area contributed by atoms with E-state index in [9.17, 15) is 0 Å². The van der Waals surface area contributed by atoms with Gasteiger partial charge in [0.25, 0.3) is 0 Å². The van der Waals surface area contributed by atoms with Crippen LogP contribution in [0.1, 0.15) is 17.5 Å². The molecule has 0 aliphatic carbocycles. The highest BCUT2D eigenvalue weighted by Gasteiger charge is 2.10. The van der Waals surface area contributed by atoms with Gasteiger partial charge in [0.2, 0.25) is 0 Å². The Morgan fingerprint density at radius 2 is 2.22 bits per heavy atom. The van der Waals surface area contributed by atoms with Gasteiger partial charge in [0.1, 0.15) is 10.8 Å². The molecule has 0 atom stereocenters. The smallest absolute Gasteiger partial charge is 0.127 e. The Morgan fingerprint density at radius 1 is 1.39 bits per heavy atom. The first-order valence-corrected chi connectivity index (χ1v) is 6.86. The van der Waals surface area contributed by atoms with Crippen molar-refractivity contribution in [1.82, 2.24) is 10.3 Å². The predicted octanol–water partition coefficient (Wildman–Crippen LogP) is 3.10. The number of aromatic nitrogens is 1. The molecule has 2 rings (SSSR count). The van der Waals surface area contributed by atoms with Crippen LogP contribution in [0.15, 0.2) is 24.4 Å². The zero-order valence-electron chi connectivity index (χ0n) is 11.0. The van der Waals surface area contributed by atoms with E-state index in [1.807, 2.05) is 19.3 Å². The van der Waals surface area contributed by atoms with Crippen molar-refractivity contribution in [2.75, 3.05) is 14.2 Å². The summed E-state index contributed by atoms with van der Waals surface area (Å²) < 4.78 is 5.43. The van der Waals surface area contributed by atoms with Crippen molar-refractivity contribution in [2.24, 2.45) is 0 Å². The monoisotopic (exact) mass is 262 g/mol.